The maximum absolute atomic E-state index is 13.1. The van der Waals surface area contributed by atoms with Crippen LogP contribution < -0.4 is 4.74 Å². The van der Waals surface area contributed by atoms with E-state index in [4.69, 9.17) is 4.74 Å². The fourth-order valence-electron chi connectivity index (χ4n) is 3.37. The van der Waals surface area contributed by atoms with Crippen LogP contribution >= 0.6 is 0 Å². The van der Waals surface area contributed by atoms with Crippen LogP contribution in [-0.2, 0) is 7.05 Å². The zero-order chi connectivity index (χ0) is 19.0. The van der Waals surface area contributed by atoms with Crippen LogP contribution in [-0.4, -0.2) is 39.2 Å². The predicted molar refractivity (Wildman–Crippen MR) is 103 cm³/mol. The van der Waals surface area contributed by atoms with Gasteiger partial charge in [-0.25, -0.2) is 4.98 Å². The van der Waals surface area contributed by atoms with Crippen molar-refractivity contribution in [2.45, 2.75) is 19.4 Å². The molecular formula is C21H22N4O2. The molecule has 0 bridgehead atoms. The zero-order valence-corrected chi connectivity index (χ0v) is 15.7. The molecule has 2 aromatic carbocycles. The molecule has 1 aliphatic heterocycles. The number of methoxy groups -OCH3 is 1. The molecular weight excluding hydrogens is 340 g/mol. The lowest BCUT2D eigenvalue weighted by Crippen LogP contribution is -2.45. The second-order valence-corrected chi connectivity index (χ2v) is 6.77. The Bertz CT molecular complexity index is 976. The fourth-order valence-corrected chi connectivity index (χ4v) is 3.37. The first-order chi connectivity index (χ1) is 13.1. The summed E-state index contributed by atoms with van der Waals surface area (Å²) in [4.78, 5) is 19.4. The molecule has 27 heavy (non-hydrogen) atoms. The zero-order valence-electron chi connectivity index (χ0n) is 15.7. The smallest absolute Gasteiger partial charge is 0.254 e. The van der Waals surface area contributed by atoms with Crippen molar-refractivity contribution in [2.24, 2.45) is 7.05 Å². The summed E-state index contributed by atoms with van der Waals surface area (Å²) in [5.74, 6) is 2.31. The third-order valence-electron chi connectivity index (χ3n) is 5.11. The Labute approximate surface area is 158 Å². The van der Waals surface area contributed by atoms with E-state index in [0.29, 0.717) is 11.4 Å². The van der Waals surface area contributed by atoms with Crippen LogP contribution in [0.5, 0.6) is 5.75 Å². The van der Waals surface area contributed by atoms with Crippen LogP contribution in [0, 0.1) is 6.92 Å². The second-order valence-electron chi connectivity index (χ2n) is 6.77. The second kappa shape index (κ2) is 6.87. The Morgan fingerprint density at radius 2 is 2.00 bits per heavy atom. The maximum Gasteiger partial charge on any atom is 0.254 e. The van der Waals surface area contributed by atoms with Gasteiger partial charge >= 0.3 is 0 Å². The van der Waals surface area contributed by atoms with Gasteiger partial charge in [-0.05, 0) is 43.2 Å². The third kappa shape index (κ3) is 3.18. The summed E-state index contributed by atoms with van der Waals surface area (Å²) >= 11 is 0. The van der Waals surface area contributed by atoms with E-state index < -0.39 is 0 Å². The van der Waals surface area contributed by atoms with Gasteiger partial charge in [0.2, 0.25) is 0 Å². The van der Waals surface area contributed by atoms with Crippen molar-refractivity contribution in [3.05, 3.63) is 65.5 Å². The van der Waals surface area contributed by atoms with Crippen molar-refractivity contribution in [3.8, 4) is 17.1 Å². The summed E-state index contributed by atoms with van der Waals surface area (Å²) in [6, 6.07) is 15.6. The number of ether oxygens (including phenoxy) is 1. The molecule has 0 radical (unpaired) electrons. The average molecular weight is 362 g/mol. The largest absolute Gasteiger partial charge is 0.497 e. The van der Waals surface area contributed by atoms with Gasteiger partial charge in [-0.3, -0.25) is 9.48 Å². The summed E-state index contributed by atoms with van der Waals surface area (Å²) in [6.07, 6.45) is 0.958. The number of aryl methyl sites for hydroxylation is 2. The molecule has 4 rings (SSSR count). The minimum Gasteiger partial charge on any atom is -0.497 e. The molecule has 0 saturated carbocycles. The Kier molecular flexibility index (Phi) is 4.39. The van der Waals surface area contributed by atoms with E-state index in [1.807, 2.05) is 67.4 Å². The van der Waals surface area contributed by atoms with E-state index in [1.54, 1.807) is 11.8 Å². The fraction of sp³-hybridized carbons (Fsp3) is 0.286. The van der Waals surface area contributed by atoms with E-state index >= 15 is 0 Å². The monoisotopic (exact) mass is 362 g/mol. The summed E-state index contributed by atoms with van der Waals surface area (Å²) in [5.41, 5.74) is 2.61. The van der Waals surface area contributed by atoms with Gasteiger partial charge in [-0.15, -0.1) is 0 Å². The highest BCUT2D eigenvalue weighted by molar-refractivity contribution is 5.96. The molecule has 0 unspecified atom stereocenters. The third-order valence-corrected chi connectivity index (χ3v) is 5.11. The van der Waals surface area contributed by atoms with Crippen LogP contribution in [0.4, 0.5) is 0 Å². The summed E-state index contributed by atoms with van der Waals surface area (Å²) < 4.78 is 7.05. The van der Waals surface area contributed by atoms with E-state index in [-0.39, 0.29) is 11.9 Å². The molecule has 1 saturated heterocycles. The summed E-state index contributed by atoms with van der Waals surface area (Å²) in [6.45, 7) is 2.66. The van der Waals surface area contributed by atoms with Crippen molar-refractivity contribution in [1.29, 1.82) is 0 Å². The van der Waals surface area contributed by atoms with Crippen molar-refractivity contribution in [2.75, 3.05) is 13.7 Å². The molecule has 0 N–H and O–H groups in total. The van der Waals surface area contributed by atoms with Crippen LogP contribution in [0.25, 0.3) is 11.4 Å². The Balaban J connectivity index is 1.58. The highest BCUT2D eigenvalue weighted by Crippen LogP contribution is 2.36. The summed E-state index contributed by atoms with van der Waals surface area (Å²) in [7, 11) is 3.52. The van der Waals surface area contributed by atoms with Crippen molar-refractivity contribution in [3.63, 3.8) is 0 Å². The number of benzene rings is 2. The molecule has 1 amide bonds. The summed E-state index contributed by atoms with van der Waals surface area (Å²) in [5, 5.41) is 4.41. The van der Waals surface area contributed by atoms with Crippen LogP contribution in [0.3, 0.4) is 0 Å². The molecule has 6 nitrogen and oxygen atoms in total. The van der Waals surface area contributed by atoms with E-state index in [2.05, 4.69) is 10.1 Å². The molecule has 2 heterocycles. The molecule has 6 heteroatoms. The molecule has 0 spiro atoms. The number of hydrogen-bond donors (Lipinski definition) is 0. The SMILES string of the molecule is COc1cccc([C@@H]2CCN2C(=O)c2cccc(-c3nc(C)n(C)n3)c2)c1. The van der Waals surface area contributed by atoms with Crippen LogP contribution in [0.2, 0.25) is 0 Å². The number of likely N-dealkylation sites (tertiary alicyclic amines) is 1. The topological polar surface area (TPSA) is 60.2 Å². The van der Waals surface area contributed by atoms with Gasteiger partial charge in [0.1, 0.15) is 11.6 Å². The van der Waals surface area contributed by atoms with Crippen molar-refractivity contribution < 1.29 is 9.53 Å². The van der Waals surface area contributed by atoms with Crippen molar-refractivity contribution >= 4 is 5.91 Å². The van der Waals surface area contributed by atoms with Crippen molar-refractivity contribution in [1.82, 2.24) is 19.7 Å². The molecule has 1 aromatic heterocycles. The Morgan fingerprint density at radius 3 is 2.67 bits per heavy atom. The van der Waals surface area contributed by atoms with Crippen LogP contribution in [0.1, 0.15) is 34.2 Å². The molecule has 1 aliphatic rings. The number of nitrogens with zero attached hydrogens (tertiary/aromatic N) is 4. The van der Waals surface area contributed by atoms with Gasteiger partial charge in [-0.1, -0.05) is 24.3 Å². The Hall–Kier alpha value is -3.15. The number of aromatic nitrogens is 3. The highest BCUT2D eigenvalue weighted by atomic mass is 16.5. The van der Waals surface area contributed by atoms with E-state index in [0.717, 1.165) is 35.7 Å². The molecule has 3 aromatic rings. The number of amides is 1. The maximum atomic E-state index is 13.1. The number of carbonyl (C=O) groups excluding carboxylic acids is 1. The average Bonchev–Trinajstić information content (AvgIpc) is 3.00. The quantitative estimate of drug-likeness (QED) is 0.714. The number of carbonyl (C=O) groups is 1. The van der Waals surface area contributed by atoms with Gasteiger partial charge < -0.3 is 9.64 Å². The minimum atomic E-state index is 0.0311. The lowest BCUT2D eigenvalue weighted by molar-refractivity contribution is 0.0460. The molecule has 1 fully saturated rings. The minimum absolute atomic E-state index is 0.0311. The van der Waals surface area contributed by atoms with E-state index in [9.17, 15) is 4.79 Å². The first-order valence-electron chi connectivity index (χ1n) is 9.00. The lowest BCUT2D eigenvalue weighted by atomic mass is 9.93. The Morgan fingerprint density at radius 1 is 1.19 bits per heavy atom. The molecule has 138 valence electrons. The first-order valence-corrected chi connectivity index (χ1v) is 9.00. The molecule has 0 aliphatic carbocycles. The van der Waals surface area contributed by atoms with Gasteiger partial charge in [-0.2, -0.15) is 5.10 Å². The number of rotatable bonds is 4. The van der Waals surface area contributed by atoms with Gasteiger partial charge in [0.25, 0.3) is 5.91 Å². The van der Waals surface area contributed by atoms with Gasteiger partial charge in [0.15, 0.2) is 5.82 Å². The standard InChI is InChI=1S/C21H22N4O2/c1-14-22-20(23-24(14)2)16-7-4-8-17(12-16)21(26)25-11-10-19(25)15-6-5-9-18(13-15)27-3/h4-9,12-13,19H,10-11H2,1-3H3/t19-/m0/s1. The molecule has 1 atom stereocenters. The highest BCUT2D eigenvalue weighted by Gasteiger charge is 2.34. The van der Waals surface area contributed by atoms with Crippen LogP contribution in [0.15, 0.2) is 48.5 Å². The normalized spacial score (nSPS) is 16.1. The first kappa shape index (κ1) is 17.3. The number of hydrogen-bond acceptors (Lipinski definition) is 4. The predicted octanol–water partition coefficient (Wildman–Crippen LogP) is 3.39. The van der Waals surface area contributed by atoms with Gasteiger partial charge in [0, 0.05) is 24.7 Å². The van der Waals surface area contributed by atoms with Gasteiger partial charge in [0.05, 0.1) is 13.2 Å². The lowest BCUT2D eigenvalue weighted by Gasteiger charge is -2.41. The van der Waals surface area contributed by atoms with E-state index in [1.165, 1.54) is 0 Å².